The number of thiazole rings is 1. The van der Waals surface area contributed by atoms with Crippen LogP contribution in [0.15, 0.2) is 30.0 Å². The van der Waals surface area contributed by atoms with Crippen LogP contribution in [-0.4, -0.2) is 76.3 Å². The van der Waals surface area contributed by atoms with Crippen molar-refractivity contribution in [3.8, 4) is 17.0 Å². The molecule has 2 atom stereocenters. The van der Waals surface area contributed by atoms with Crippen LogP contribution in [0.5, 0.6) is 5.75 Å². The molecule has 3 aromatic rings. The first-order valence-electron chi connectivity index (χ1n) is 12.5. The highest BCUT2D eigenvalue weighted by molar-refractivity contribution is 7.17. The van der Waals surface area contributed by atoms with Crippen molar-refractivity contribution in [1.29, 1.82) is 0 Å². The van der Waals surface area contributed by atoms with Crippen LogP contribution in [0.3, 0.4) is 0 Å². The maximum Gasteiger partial charge on any atom is 0.410 e. The van der Waals surface area contributed by atoms with E-state index in [0.29, 0.717) is 39.1 Å². The summed E-state index contributed by atoms with van der Waals surface area (Å²) in [6.07, 6.45) is 3.60. The van der Waals surface area contributed by atoms with E-state index in [2.05, 4.69) is 25.2 Å². The summed E-state index contributed by atoms with van der Waals surface area (Å²) in [6, 6.07) is 3.97. The van der Waals surface area contributed by atoms with E-state index in [4.69, 9.17) is 9.47 Å². The molecule has 2 amide bonds. The number of nitrogens with one attached hydrogen (secondary N) is 1. The molecule has 4 heterocycles. The second-order valence-electron chi connectivity index (χ2n) is 10.5. The minimum absolute atomic E-state index is 0.0683. The Kier molecular flexibility index (Phi) is 6.89. The smallest absolute Gasteiger partial charge is 0.410 e. The average molecular weight is 525 g/mol. The number of anilines is 1. The van der Waals surface area contributed by atoms with Crippen LogP contribution < -0.4 is 15.0 Å². The molecule has 2 fully saturated rings. The Labute approximate surface area is 220 Å². The van der Waals surface area contributed by atoms with Gasteiger partial charge in [0.1, 0.15) is 23.3 Å². The Balaban J connectivity index is 1.28. The molecule has 0 bridgehead atoms. The number of nitrogens with zero attached hydrogens (tertiary/aromatic N) is 5. The van der Waals surface area contributed by atoms with Crippen molar-refractivity contribution in [2.24, 2.45) is 5.92 Å². The molecule has 0 radical (unpaired) electrons. The minimum atomic E-state index is -0.507. The molecule has 2 aliphatic rings. The van der Waals surface area contributed by atoms with Gasteiger partial charge in [0.05, 0.1) is 33.8 Å². The number of piperazine rings is 1. The van der Waals surface area contributed by atoms with Crippen LogP contribution in [0, 0.1) is 5.92 Å². The predicted molar refractivity (Wildman–Crippen MR) is 142 cm³/mol. The van der Waals surface area contributed by atoms with Gasteiger partial charge in [0, 0.05) is 50.6 Å². The van der Waals surface area contributed by atoms with Crippen LogP contribution >= 0.6 is 11.3 Å². The largest absolute Gasteiger partial charge is 0.489 e. The highest BCUT2D eigenvalue weighted by Gasteiger charge is 2.29. The van der Waals surface area contributed by atoms with Crippen LogP contribution in [0.25, 0.3) is 21.5 Å². The van der Waals surface area contributed by atoms with Crippen molar-refractivity contribution in [2.45, 2.75) is 45.8 Å². The van der Waals surface area contributed by atoms with E-state index >= 15 is 0 Å². The summed E-state index contributed by atoms with van der Waals surface area (Å²) in [4.78, 5) is 41.7. The summed E-state index contributed by atoms with van der Waals surface area (Å²) in [5, 5.41) is 2.88. The second kappa shape index (κ2) is 10.1. The van der Waals surface area contributed by atoms with Gasteiger partial charge < -0.3 is 24.6 Å². The highest BCUT2D eigenvalue weighted by atomic mass is 32.1. The lowest BCUT2D eigenvalue weighted by Gasteiger charge is -2.36. The molecule has 37 heavy (non-hydrogen) atoms. The molecule has 1 N–H and O–H groups in total. The summed E-state index contributed by atoms with van der Waals surface area (Å²) >= 11 is 1.53. The first-order chi connectivity index (χ1) is 17.7. The summed E-state index contributed by atoms with van der Waals surface area (Å²) in [6.45, 7) is 10.7. The lowest BCUT2D eigenvalue weighted by Crippen LogP contribution is -2.50. The summed E-state index contributed by atoms with van der Waals surface area (Å²) in [5.74, 6) is 1.71. The molecule has 1 aromatic carbocycles. The maximum atomic E-state index is 12.3. The Morgan fingerprint density at radius 2 is 1.92 bits per heavy atom. The lowest BCUT2D eigenvalue weighted by atomic mass is 10.0. The van der Waals surface area contributed by atoms with Crippen LogP contribution in [0.4, 0.5) is 10.6 Å². The van der Waals surface area contributed by atoms with E-state index < -0.39 is 5.60 Å². The third-order valence-corrected chi connectivity index (χ3v) is 7.43. The maximum absolute atomic E-state index is 12.3. The molecule has 2 unspecified atom stereocenters. The van der Waals surface area contributed by atoms with Crippen molar-refractivity contribution >= 4 is 39.4 Å². The number of hydrogen-bond donors (Lipinski definition) is 1. The average Bonchev–Trinajstić information content (AvgIpc) is 3.52. The zero-order valence-corrected chi connectivity index (χ0v) is 22.4. The first kappa shape index (κ1) is 25.2. The van der Waals surface area contributed by atoms with Crippen LogP contribution in [0.1, 0.15) is 34.1 Å². The van der Waals surface area contributed by atoms with E-state index in [1.54, 1.807) is 22.8 Å². The molecule has 196 valence electrons. The van der Waals surface area contributed by atoms with Gasteiger partial charge in [0.2, 0.25) is 5.91 Å². The van der Waals surface area contributed by atoms with Gasteiger partial charge >= 0.3 is 6.09 Å². The van der Waals surface area contributed by atoms with Gasteiger partial charge in [0.25, 0.3) is 0 Å². The molecular weight excluding hydrogens is 492 g/mol. The zero-order chi connectivity index (χ0) is 26.2. The van der Waals surface area contributed by atoms with Gasteiger partial charge in [-0.15, -0.1) is 11.3 Å². The number of ether oxygens (including phenoxy) is 2. The number of carbonyl (C=O) groups is 2. The quantitative estimate of drug-likeness (QED) is 0.538. The van der Waals surface area contributed by atoms with Crippen molar-refractivity contribution < 1.29 is 19.1 Å². The molecule has 0 saturated carbocycles. The Morgan fingerprint density at radius 3 is 2.57 bits per heavy atom. The second-order valence-corrected chi connectivity index (χ2v) is 11.3. The predicted octanol–water partition coefficient (Wildman–Crippen LogP) is 3.71. The Morgan fingerprint density at radius 1 is 1.14 bits per heavy atom. The topological polar surface area (TPSA) is 110 Å². The molecule has 2 aliphatic heterocycles. The SMILES string of the molecule is CC(Oc1cc(-c2cnc(N3CCN(C(=O)OC(C)(C)C)CC3)cn2)cc2ncsc12)C1CNC(=O)C1. The fourth-order valence-corrected chi connectivity index (χ4v) is 5.23. The highest BCUT2D eigenvalue weighted by Crippen LogP contribution is 2.35. The molecule has 2 saturated heterocycles. The number of amides is 2. The number of fused-ring (bicyclic) bond motifs is 1. The standard InChI is InChI=1S/C26H32N6O4S/c1-16(18-11-23(33)29-12-18)35-21-10-17(9-19-24(21)37-15-30-19)20-13-28-22(14-27-20)31-5-7-32(8-6-31)25(34)36-26(2,3)4/h9-10,13-16,18H,5-8,11-12H2,1-4H3,(H,29,33). The summed E-state index contributed by atoms with van der Waals surface area (Å²) in [5.41, 5.74) is 3.73. The van der Waals surface area contributed by atoms with E-state index in [1.165, 1.54) is 11.3 Å². The molecule has 0 aliphatic carbocycles. The molecule has 11 heteroatoms. The number of benzene rings is 1. The monoisotopic (exact) mass is 524 g/mol. The molecule has 5 rings (SSSR count). The molecule has 0 spiro atoms. The fourth-order valence-electron chi connectivity index (χ4n) is 4.51. The van der Waals surface area contributed by atoms with Gasteiger partial charge in [0.15, 0.2) is 0 Å². The Hall–Kier alpha value is -3.47. The first-order valence-corrected chi connectivity index (χ1v) is 13.4. The molecular formula is C26H32N6O4S. The van der Waals surface area contributed by atoms with Gasteiger partial charge in [-0.3, -0.25) is 9.78 Å². The van der Waals surface area contributed by atoms with Crippen molar-refractivity contribution in [2.75, 3.05) is 37.6 Å². The van der Waals surface area contributed by atoms with E-state index in [9.17, 15) is 9.59 Å². The van der Waals surface area contributed by atoms with Crippen molar-refractivity contribution in [3.05, 3.63) is 30.0 Å². The van der Waals surface area contributed by atoms with E-state index in [0.717, 1.165) is 33.0 Å². The van der Waals surface area contributed by atoms with Crippen LogP contribution in [-0.2, 0) is 9.53 Å². The number of hydrogen-bond acceptors (Lipinski definition) is 9. The molecule has 10 nitrogen and oxygen atoms in total. The number of carbonyl (C=O) groups excluding carboxylic acids is 2. The summed E-state index contributed by atoms with van der Waals surface area (Å²) in [7, 11) is 0. The van der Waals surface area contributed by atoms with E-state index in [1.807, 2.05) is 39.8 Å². The minimum Gasteiger partial charge on any atom is -0.489 e. The van der Waals surface area contributed by atoms with Gasteiger partial charge in [-0.05, 0) is 39.8 Å². The zero-order valence-electron chi connectivity index (χ0n) is 21.6. The molecule has 2 aromatic heterocycles. The van der Waals surface area contributed by atoms with Gasteiger partial charge in [-0.25, -0.2) is 14.8 Å². The fraction of sp³-hybridized carbons (Fsp3) is 0.500. The van der Waals surface area contributed by atoms with Crippen molar-refractivity contribution in [1.82, 2.24) is 25.2 Å². The Bertz CT molecular complexity index is 1280. The third kappa shape index (κ3) is 5.76. The van der Waals surface area contributed by atoms with Crippen molar-refractivity contribution in [3.63, 3.8) is 0 Å². The van der Waals surface area contributed by atoms with Gasteiger partial charge in [-0.2, -0.15) is 0 Å². The normalized spacial score (nSPS) is 19.1. The van der Waals surface area contributed by atoms with Crippen LogP contribution in [0.2, 0.25) is 0 Å². The third-order valence-electron chi connectivity index (χ3n) is 6.57. The number of rotatable bonds is 5. The number of aromatic nitrogens is 3. The summed E-state index contributed by atoms with van der Waals surface area (Å²) < 4.78 is 12.8. The van der Waals surface area contributed by atoms with Gasteiger partial charge in [-0.1, -0.05) is 0 Å². The lowest BCUT2D eigenvalue weighted by molar-refractivity contribution is -0.119. The van der Waals surface area contributed by atoms with E-state index in [-0.39, 0.29) is 24.0 Å².